The Bertz CT molecular complexity index is 957. The Balaban J connectivity index is 1.46. The van der Waals surface area contributed by atoms with E-state index in [4.69, 9.17) is 0 Å². The van der Waals surface area contributed by atoms with Gasteiger partial charge in [0.25, 0.3) is 0 Å². The zero-order valence-electron chi connectivity index (χ0n) is 14.7. The van der Waals surface area contributed by atoms with Crippen LogP contribution >= 0.6 is 11.8 Å². The van der Waals surface area contributed by atoms with E-state index >= 15 is 0 Å². The largest absolute Gasteiger partial charge is 0.349 e. The zero-order valence-corrected chi connectivity index (χ0v) is 15.6. The minimum absolute atomic E-state index is 0.0528. The summed E-state index contributed by atoms with van der Waals surface area (Å²) in [5.41, 5.74) is 3.54. The van der Waals surface area contributed by atoms with Gasteiger partial charge in [-0.15, -0.1) is 0 Å². The molecule has 1 atom stereocenters. The number of nitrogens with one attached hydrogen (secondary N) is 1. The number of nitrogens with zero attached hydrogens (tertiary/aromatic N) is 2. The molecule has 1 unspecified atom stereocenters. The van der Waals surface area contributed by atoms with Gasteiger partial charge in [-0.1, -0.05) is 54.2 Å². The quantitative estimate of drug-likeness (QED) is 0.557. The Morgan fingerprint density at radius 2 is 1.96 bits per heavy atom. The zero-order chi connectivity index (χ0) is 17.9. The van der Waals surface area contributed by atoms with Gasteiger partial charge in [-0.2, -0.15) is 0 Å². The van der Waals surface area contributed by atoms with E-state index in [1.165, 1.54) is 22.9 Å². The fraction of sp³-hybridized carbons (Fsp3) is 0.286. The molecule has 1 heterocycles. The number of hydrogen-bond donors (Lipinski definition) is 1. The molecule has 1 aliphatic rings. The maximum absolute atomic E-state index is 12.5. The summed E-state index contributed by atoms with van der Waals surface area (Å²) in [6.45, 7) is 1.88. The highest BCUT2D eigenvalue weighted by atomic mass is 32.2. The number of aryl methyl sites for hydroxylation is 2. The van der Waals surface area contributed by atoms with Crippen molar-refractivity contribution in [2.75, 3.05) is 5.75 Å². The summed E-state index contributed by atoms with van der Waals surface area (Å²) in [7, 11) is 0. The Kier molecular flexibility index (Phi) is 4.89. The molecule has 0 fully saturated rings. The van der Waals surface area contributed by atoms with Crippen LogP contribution in [-0.2, 0) is 11.2 Å². The standard InChI is InChI=1S/C21H21N3OS/c1-14-22-19-11-5-4-10-17(19)21(23-14)26-13-20(25)24-18-12-6-8-15-7-2-3-9-16(15)18/h2-5,7,9-11,18H,6,8,12-13H2,1H3,(H,24,25). The van der Waals surface area contributed by atoms with Crippen molar-refractivity contribution < 1.29 is 4.79 Å². The van der Waals surface area contributed by atoms with Crippen LogP contribution in [0.4, 0.5) is 0 Å². The molecule has 0 saturated heterocycles. The molecule has 0 radical (unpaired) electrons. The van der Waals surface area contributed by atoms with Crippen molar-refractivity contribution in [3.8, 4) is 0 Å². The maximum atomic E-state index is 12.5. The molecule has 1 aromatic heterocycles. The van der Waals surface area contributed by atoms with Gasteiger partial charge in [-0.05, 0) is 43.4 Å². The lowest BCUT2D eigenvalue weighted by Crippen LogP contribution is -2.32. The van der Waals surface area contributed by atoms with Crippen molar-refractivity contribution in [1.82, 2.24) is 15.3 Å². The second kappa shape index (κ2) is 7.46. The highest BCUT2D eigenvalue weighted by molar-refractivity contribution is 8.00. The molecule has 1 N–H and O–H groups in total. The summed E-state index contributed by atoms with van der Waals surface area (Å²) in [5.74, 6) is 1.14. The summed E-state index contributed by atoms with van der Waals surface area (Å²) in [5, 5.41) is 5.07. The second-order valence-corrected chi connectivity index (χ2v) is 7.56. The number of rotatable bonds is 4. The first kappa shape index (κ1) is 17.0. The molecule has 1 aliphatic carbocycles. The van der Waals surface area contributed by atoms with E-state index in [1.807, 2.05) is 37.3 Å². The summed E-state index contributed by atoms with van der Waals surface area (Å²) in [6, 6.07) is 16.5. The Morgan fingerprint density at radius 3 is 2.88 bits per heavy atom. The van der Waals surface area contributed by atoms with Crippen LogP contribution in [0.1, 0.15) is 35.8 Å². The first-order valence-corrected chi connectivity index (χ1v) is 9.92. The van der Waals surface area contributed by atoms with E-state index in [1.54, 1.807) is 0 Å². The first-order valence-electron chi connectivity index (χ1n) is 8.94. The minimum atomic E-state index is 0.0528. The van der Waals surface area contributed by atoms with Crippen LogP contribution < -0.4 is 5.32 Å². The fourth-order valence-electron chi connectivity index (χ4n) is 3.54. The number of fused-ring (bicyclic) bond motifs is 2. The van der Waals surface area contributed by atoms with Crippen molar-refractivity contribution in [3.05, 3.63) is 65.5 Å². The van der Waals surface area contributed by atoms with Gasteiger partial charge < -0.3 is 5.32 Å². The highest BCUT2D eigenvalue weighted by Gasteiger charge is 2.21. The van der Waals surface area contributed by atoms with Crippen molar-refractivity contribution >= 4 is 28.6 Å². The van der Waals surface area contributed by atoms with Crippen molar-refractivity contribution in [2.45, 2.75) is 37.3 Å². The SMILES string of the molecule is Cc1nc(SCC(=O)NC2CCCc3ccccc32)c2ccccc2n1. The molecule has 5 heteroatoms. The summed E-state index contributed by atoms with van der Waals surface area (Å²) < 4.78 is 0. The lowest BCUT2D eigenvalue weighted by Gasteiger charge is -2.26. The van der Waals surface area contributed by atoms with Crippen molar-refractivity contribution in [1.29, 1.82) is 0 Å². The third-order valence-corrected chi connectivity index (χ3v) is 5.72. The average Bonchev–Trinajstić information content (AvgIpc) is 2.66. The lowest BCUT2D eigenvalue weighted by molar-refractivity contribution is -0.119. The first-order chi connectivity index (χ1) is 12.7. The Hall–Kier alpha value is -2.40. The molecule has 1 amide bonds. The van der Waals surface area contributed by atoms with E-state index in [9.17, 15) is 4.79 Å². The lowest BCUT2D eigenvalue weighted by atomic mass is 9.88. The van der Waals surface area contributed by atoms with E-state index in [2.05, 4.69) is 33.5 Å². The molecule has 2 aromatic carbocycles. The van der Waals surface area contributed by atoms with Gasteiger partial charge >= 0.3 is 0 Å². The number of amides is 1. The molecule has 26 heavy (non-hydrogen) atoms. The monoisotopic (exact) mass is 363 g/mol. The second-order valence-electron chi connectivity index (χ2n) is 6.59. The summed E-state index contributed by atoms with van der Waals surface area (Å²) in [6.07, 6.45) is 3.22. The van der Waals surface area contributed by atoms with Crippen LogP contribution in [0.2, 0.25) is 0 Å². The number of benzene rings is 2. The molecule has 0 aliphatic heterocycles. The number of carbonyl (C=O) groups is 1. The average molecular weight is 363 g/mol. The number of para-hydroxylation sites is 1. The Morgan fingerprint density at radius 1 is 1.15 bits per heavy atom. The van der Waals surface area contributed by atoms with Crippen LogP contribution in [0, 0.1) is 6.92 Å². The minimum Gasteiger partial charge on any atom is -0.349 e. The molecule has 0 bridgehead atoms. The van der Waals surface area contributed by atoms with Crippen molar-refractivity contribution in [3.63, 3.8) is 0 Å². The van der Waals surface area contributed by atoms with Gasteiger partial charge in [0, 0.05) is 5.39 Å². The fourth-order valence-corrected chi connectivity index (χ4v) is 4.42. The maximum Gasteiger partial charge on any atom is 0.230 e. The summed E-state index contributed by atoms with van der Waals surface area (Å²) in [4.78, 5) is 21.5. The van der Waals surface area contributed by atoms with Gasteiger partial charge in [0.15, 0.2) is 0 Å². The molecule has 4 rings (SSSR count). The van der Waals surface area contributed by atoms with Gasteiger partial charge in [-0.25, -0.2) is 9.97 Å². The van der Waals surface area contributed by atoms with Crippen LogP contribution in [0.3, 0.4) is 0 Å². The van der Waals surface area contributed by atoms with Gasteiger partial charge in [0.2, 0.25) is 5.91 Å². The normalized spacial score (nSPS) is 16.3. The topological polar surface area (TPSA) is 54.9 Å². The Labute approximate surface area is 157 Å². The summed E-state index contributed by atoms with van der Waals surface area (Å²) >= 11 is 1.48. The predicted molar refractivity (Wildman–Crippen MR) is 105 cm³/mol. The highest BCUT2D eigenvalue weighted by Crippen LogP contribution is 2.30. The number of aromatic nitrogens is 2. The van der Waals surface area contributed by atoms with E-state index < -0.39 is 0 Å². The molecule has 0 saturated carbocycles. The van der Waals surface area contributed by atoms with Crippen LogP contribution in [-0.4, -0.2) is 21.6 Å². The predicted octanol–water partition coefficient (Wildman–Crippen LogP) is 4.22. The number of hydrogen-bond acceptors (Lipinski definition) is 4. The van der Waals surface area contributed by atoms with Gasteiger partial charge in [0.05, 0.1) is 17.3 Å². The molecule has 132 valence electrons. The van der Waals surface area contributed by atoms with E-state index in [-0.39, 0.29) is 11.9 Å². The number of thioether (sulfide) groups is 1. The number of carbonyl (C=O) groups excluding carboxylic acids is 1. The van der Waals surface area contributed by atoms with E-state index in [0.29, 0.717) is 5.75 Å². The third-order valence-electron chi connectivity index (χ3n) is 4.72. The van der Waals surface area contributed by atoms with Crippen LogP contribution in [0.5, 0.6) is 0 Å². The molecule has 3 aromatic rings. The molecule has 0 spiro atoms. The van der Waals surface area contributed by atoms with Crippen LogP contribution in [0.25, 0.3) is 10.9 Å². The smallest absolute Gasteiger partial charge is 0.230 e. The molecular weight excluding hydrogens is 342 g/mol. The van der Waals surface area contributed by atoms with E-state index in [0.717, 1.165) is 41.0 Å². The molecular formula is C21H21N3OS. The van der Waals surface area contributed by atoms with Crippen LogP contribution in [0.15, 0.2) is 53.6 Å². The van der Waals surface area contributed by atoms with Gasteiger partial charge in [0.1, 0.15) is 10.9 Å². The molecule has 4 nitrogen and oxygen atoms in total. The third kappa shape index (κ3) is 3.58. The van der Waals surface area contributed by atoms with Crippen molar-refractivity contribution in [2.24, 2.45) is 0 Å². The van der Waals surface area contributed by atoms with Gasteiger partial charge in [-0.3, -0.25) is 4.79 Å².